The van der Waals surface area contributed by atoms with Crippen LogP contribution in [-0.4, -0.2) is 5.11 Å². The average molecular weight is 161 g/mol. The van der Waals surface area contributed by atoms with Crippen molar-refractivity contribution in [1.29, 1.82) is 0 Å². The van der Waals surface area contributed by atoms with E-state index < -0.39 is 0 Å². The minimum absolute atomic E-state index is 0.236. The highest BCUT2D eigenvalue weighted by Crippen LogP contribution is 2.21. The third-order valence-corrected chi connectivity index (χ3v) is 1.51. The van der Waals surface area contributed by atoms with Gasteiger partial charge in [0.2, 0.25) is 0 Å². The van der Waals surface area contributed by atoms with Crippen molar-refractivity contribution < 1.29 is 5.11 Å². The van der Waals surface area contributed by atoms with Crippen molar-refractivity contribution in [2.75, 3.05) is 5.32 Å². The van der Waals surface area contributed by atoms with Gasteiger partial charge in [0.05, 0.1) is 0 Å². The van der Waals surface area contributed by atoms with Crippen molar-refractivity contribution in [2.24, 2.45) is 0 Å². The first kappa shape index (κ1) is 8.40. The Morgan fingerprint density at radius 3 is 2.67 bits per heavy atom. The molecule has 2 nitrogen and oxygen atoms in total. The molecule has 0 saturated heterocycles. The normalized spacial score (nSPS) is 9.00. The molecule has 1 aromatic carbocycles. The zero-order valence-electron chi connectivity index (χ0n) is 6.75. The molecule has 0 unspecified atom stereocenters. The Bertz CT molecular complexity index is 305. The SMILES string of the molecule is C=CNc1ccc(O)cc1C=C. The van der Waals surface area contributed by atoms with Gasteiger partial charge in [-0.05, 0) is 24.4 Å². The Morgan fingerprint density at radius 2 is 2.08 bits per heavy atom. The maximum atomic E-state index is 9.14. The molecule has 2 N–H and O–H groups in total. The maximum absolute atomic E-state index is 9.14. The first-order chi connectivity index (χ1) is 5.77. The van der Waals surface area contributed by atoms with Gasteiger partial charge < -0.3 is 10.4 Å². The Hall–Kier alpha value is -1.70. The lowest BCUT2D eigenvalue weighted by molar-refractivity contribution is 0.475. The molecule has 1 aromatic rings. The van der Waals surface area contributed by atoms with Gasteiger partial charge in [-0.3, -0.25) is 0 Å². The van der Waals surface area contributed by atoms with Crippen LogP contribution in [-0.2, 0) is 0 Å². The van der Waals surface area contributed by atoms with E-state index in [1.165, 1.54) is 0 Å². The van der Waals surface area contributed by atoms with Crippen molar-refractivity contribution >= 4 is 11.8 Å². The van der Waals surface area contributed by atoms with Crippen LogP contribution >= 0.6 is 0 Å². The Balaban J connectivity index is 3.10. The summed E-state index contributed by atoms with van der Waals surface area (Å²) in [6.45, 7) is 7.18. The first-order valence-corrected chi connectivity index (χ1v) is 3.61. The van der Waals surface area contributed by atoms with Gasteiger partial charge in [-0.15, -0.1) is 0 Å². The highest BCUT2D eigenvalue weighted by molar-refractivity contribution is 5.67. The summed E-state index contributed by atoms with van der Waals surface area (Å²) in [5.41, 5.74) is 1.74. The van der Waals surface area contributed by atoms with Gasteiger partial charge in [-0.2, -0.15) is 0 Å². The second kappa shape index (κ2) is 3.62. The van der Waals surface area contributed by atoms with Crippen LogP contribution in [0.15, 0.2) is 37.6 Å². The zero-order chi connectivity index (χ0) is 8.97. The molecule has 0 bridgehead atoms. The van der Waals surface area contributed by atoms with Gasteiger partial charge in [0.15, 0.2) is 0 Å². The number of hydrogen-bond donors (Lipinski definition) is 2. The molecule has 1 rings (SSSR count). The van der Waals surface area contributed by atoms with Crippen LogP contribution in [0.1, 0.15) is 5.56 Å². The summed E-state index contributed by atoms with van der Waals surface area (Å²) in [6, 6.07) is 5.02. The second-order valence-electron chi connectivity index (χ2n) is 2.32. The van der Waals surface area contributed by atoms with Crippen LogP contribution in [0.25, 0.3) is 6.08 Å². The summed E-state index contributed by atoms with van der Waals surface area (Å²) in [7, 11) is 0. The molecule has 12 heavy (non-hydrogen) atoms. The van der Waals surface area contributed by atoms with Crippen molar-refractivity contribution in [3.63, 3.8) is 0 Å². The third kappa shape index (κ3) is 1.66. The van der Waals surface area contributed by atoms with E-state index in [1.54, 1.807) is 30.5 Å². The summed E-state index contributed by atoms with van der Waals surface area (Å²) in [5.74, 6) is 0.236. The molecule has 0 aliphatic carbocycles. The molecule has 0 aliphatic heterocycles. The molecular formula is C10H11NO. The van der Waals surface area contributed by atoms with Crippen LogP contribution < -0.4 is 5.32 Å². The van der Waals surface area contributed by atoms with Crippen LogP contribution in [0, 0.1) is 0 Å². The molecule has 0 saturated carbocycles. The maximum Gasteiger partial charge on any atom is 0.116 e. The lowest BCUT2D eigenvalue weighted by atomic mass is 10.1. The van der Waals surface area contributed by atoms with Crippen LogP contribution in [0.5, 0.6) is 5.75 Å². The van der Waals surface area contributed by atoms with E-state index in [-0.39, 0.29) is 5.75 Å². The average Bonchev–Trinajstić information content (AvgIpc) is 2.08. The monoisotopic (exact) mass is 161 g/mol. The number of nitrogens with one attached hydrogen (secondary N) is 1. The molecule has 0 aliphatic rings. The number of phenols is 1. The predicted octanol–water partition coefficient (Wildman–Crippen LogP) is 2.59. The second-order valence-corrected chi connectivity index (χ2v) is 2.32. The number of aromatic hydroxyl groups is 1. The van der Waals surface area contributed by atoms with Crippen molar-refractivity contribution in [2.45, 2.75) is 0 Å². The standard InChI is InChI=1S/C10H11NO/c1-3-8-7-9(12)5-6-10(8)11-4-2/h3-7,11-12H,1-2H2. The number of benzene rings is 1. The fourth-order valence-corrected chi connectivity index (χ4v) is 0.960. The molecule has 0 spiro atoms. The fourth-order valence-electron chi connectivity index (χ4n) is 0.960. The molecule has 2 heteroatoms. The molecule has 0 radical (unpaired) electrons. The number of anilines is 1. The van der Waals surface area contributed by atoms with E-state index >= 15 is 0 Å². The molecule has 0 atom stereocenters. The molecule has 0 amide bonds. The summed E-state index contributed by atoms with van der Waals surface area (Å²) < 4.78 is 0. The van der Waals surface area contributed by atoms with Crippen molar-refractivity contribution in [3.8, 4) is 5.75 Å². The molecular weight excluding hydrogens is 150 g/mol. The Labute approximate surface area is 71.9 Å². The highest BCUT2D eigenvalue weighted by atomic mass is 16.3. The van der Waals surface area contributed by atoms with Crippen LogP contribution in [0.3, 0.4) is 0 Å². The number of phenolic OH excluding ortho intramolecular Hbond substituents is 1. The van der Waals surface area contributed by atoms with E-state index in [4.69, 9.17) is 5.11 Å². The van der Waals surface area contributed by atoms with Gasteiger partial charge in [0.1, 0.15) is 5.75 Å². The zero-order valence-corrected chi connectivity index (χ0v) is 6.75. The molecule has 62 valence electrons. The van der Waals surface area contributed by atoms with Gasteiger partial charge >= 0.3 is 0 Å². The smallest absolute Gasteiger partial charge is 0.116 e. The lowest BCUT2D eigenvalue weighted by Crippen LogP contribution is -1.88. The van der Waals surface area contributed by atoms with E-state index in [0.29, 0.717) is 0 Å². The van der Waals surface area contributed by atoms with Crippen LogP contribution in [0.2, 0.25) is 0 Å². The predicted molar refractivity (Wildman–Crippen MR) is 52.0 cm³/mol. The topological polar surface area (TPSA) is 32.3 Å². The minimum Gasteiger partial charge on any atom is -0.508 e. The summed E-state index contributed by atoms with van der Waals surface area (Å²) in [6.07, 6.45) is 3.25. The van der Waals surface area contributed by atoms with Crippen LogP contribution in [0.4, 0.5) is 5.69 Å². The molecule has 0 heterocycles. The van der Waals surface area contributed by atoms with E-state index in [2.05, 4.69) is 18.5 Å². The Morgan fingerprint density at radius 1 is 1.33 bits per heavy atom. The highest BCUT2D eigenvalue weighted by Gasteiger charge is 1.97. The number of rotatable bonds is 3. The number of hydrogen-bond acceptors (Lipinski definition) is 2. The molecule has 0 aromatic heterocycles. The van der Waals surface area contributed by atoms with Crippen molar-refractivity contribution in [3.05, 3.63) is 43.1 Å². The van der Waals surface area contributed by atoms with E-state index in [0.717, 1.165) is 11.3 Å². The fraction of sp³-hybridized carbons (Fsp3) is 0. The van der Waals surface area contributed by atoms with Crippen molar-refractivity contribution in [1.82, 2.24) is 0 Å². The summed E-state index contributed by atoms with van der Waals surface area (Å²) >= 11 is 0. The first-order valence-electron chi connectivity index (χ1n) is 3.61. The van der Waals surface area contributed by atoms with E-state index in [9.17, 15) is 0 Å². The minimum atomic E-state index is 0.236. The van der Waals surface area contributed by atoms with Gasteiger partial charge in [0, 0.05) is 11.3 Å². The van der Waals surface area contributed by atoms with E-state index in [1.807, 2.05) is 0 Å². The third-order valence-electron chi connectivity index (χ3n) is 1.51. The Kier molecular flexibility index (Phi) is 2.53. The summed E-state index contributed by atoms with van der Waals surface area (Å²) in [4.78, 5) is 0. The largest absolute Gasteiger partial charge is 0.508 e. The van der Waals surface area contributed by atoms with Gasteiger partial charge in [-0.25, -0.2) is 0 Å². The quantitative estimate of drug-likeness (QED) is 0.668. The lowest BCUT2D eigenvalue weighted by Gasteiger charge is -2.05. The summed E-state index contributed by atoms with van der Waals surface area (Å²) in [5, 5.41) is 12.1. The van der Waals surface area contributed by atoms with Gasteiger partial charge in [-0.1, -0.05) is 19.2 Å². The molecule has 0 fully saturated rings. The van der Waals surface area contributed by atoms with Gasteiger partial charge in [0.25, 0.3) is 0 Å².